The van der Waals surface area contributed by atoms with E-state index in [-0.39, 0.29) is 56.2 Å². The van der Waals surface area contributed by atoms with E-state index in [1.54, 1.807) is 31.2 Å². The van der Waals surface area contributed by atoms with E-state index < -0.39 is 10.0 Å². The average Bonchev–Trinajstić information content (AvgIpc) is 2.71. The fourth-order valence-corrected chi connectivity index (χ4v) is 4.36. The van der Waals surface area contributed by atoms with Crippen molar-refractivity contribution in [2.75, 3.05) is 65.8 Å². The van der Waals surface area contributed by atoms with Crippen molar-refractivity contribution in [1.29, 1.82) is 0 Å². The number of carbonyl (C=O) groups excluding carboxylic acids is 2. The monoisotopic (exact) mass is 443 g/mol. The molecule has 0 aliphatic carbocycles. The van der Waals surface area contributed by atoms with E-state index in [1.807, 2.05) is 0 Å². The third-order valence-corrected chi connectivity index (χ3v) is 6.34. The van der Waals surface area contributed by atoms with Crippen LogP contribution in [0.4, 0.5) is 0 Å². The Labute approximate surface area is 176 Å². The molecule has 0 saturated carbocycles. The Morgan fingerprint density at radius 2 is 1.37 bits per heavy atom. The Kier molecular flexibility index (Phi) is 10.2. The summed E-state index contributed by atoms with van der Waals surface area (Å²) in [6.07, 6.45) is 0. The molecule has 1 aliphatic rings. The summed E-state index contributed by atoms with van der Waals surface area (Å²) in [5, 5.41) is 5.28. The average molecular weight is 444 g/mol. The quantitative estimate of drug-likeness (QED) is 0.618. The van der Waals surface area contributed by atoms with Crippen LogP contribution < -0.4 is 10.6 Å². The summed E-state index contributed by atoms with van der Waals surface area (Å²) in [4.78, 5) is 23.7. The summed E-state index contributed by atoms with van der Waals surface area (Å²) in [6.45, 7) is 2.77. The molecule has 2 amide bonds. The minimum atomic E-state index is -3.79. The molecule has 11 heteroatoms. The van der Waals surface area contributed by atoms with Crippen molar-refractivity contribution in [2.45, 2.75) is 11.8 Å². The van der Waals surface area contributed by atoms with Gasteiger partial charge in [0.25, 0.3) is 0 Å². The maximum atomic E-state index is 13.1. The lowest BCUT2D eigenvalue weighted by Gasteiger charge is -2.23. The van der Waals surface area contributed by atoms with Gasteiger partial charge in [-0.15, -0.1) is 0 Å². The Morgan fingerprint density at radius 3 is 1.90 bits per heavy atom. The van der Waals surface area contributed by atoms with Crippen molar-refractivity contribution in [2.24, 2.45) is 0 Å². The van der Waals surface area contributed by atoms with Crippen LogP contribution in [0.25, 0.3) is 0 Å². The molecule has 0 atom stereocenters. The normalized spacial score (nSPS) is 19.9. The lowest BCUT2D eigenvalue weighted by Crippen LogP contribution is -2.39. The second-order valence-electron chi connectivity index (χ2n) is 6.59. The van der Waals surface area contributed by atoms with Crippen LogP contribution in [0.1, 0.15) is 5.56 Å². The van der Waals surface area contributed by atoms with Crippen LogP contribution in [0.5, 0.6) is 0 Å². The lowest BCUT2D eigenvalue weighted by atomic mass is 10.2. The number of amides is 2. The van der Waals surface area contributed by atoms with E-state index >= 15 is 0 Å². The minimum Gasteiger partial charge on any atom is -0.378 e. The van der Waals surface area contributed by atoms with Crippen LogP contribution in [0.3, 0.4) is 0 Å². The molecule has 1 saturated heterocycles. The van der Waals surface area contributed by atoms with E-state index in [0.717, 1.165) is 0 Å². The highest BCUT2D eigenvalue weighted by Crippen LogP contribution is 2.19. The van der Waals surface area contributed by atoms with Gasteiger partial charge in [-0.2, -0.15) is 4.31 Å². The van der Waals surface area contributed by atoms with E-state index in [4.69, 9.17) is 14.2 Å². The summed E-state index contributed by atoms with van der Waals surface area (Å²) in [5.74, 6) is -0.630. The molecule has 1 aromatic rings. The van der Waals surface area contributed by atoms with Gasteiger partial charge in [0.05, 0.1) is 31.3 Å². The van der Waals surface area contributed by atoms with Crippen LogP contribution >= 0.6 is 0 Å². The van der Waals surface area contributed by atoms with Gasteiger partial charge < -0.3 is 24.8 Å². The highest BCUT2D eigenvalue weighted by molar-refractivity contribution is 7.89. The van der Waals surface area contributed by atoms with Gasteiger partial charge in [0.15, 0.2) is 0 Å². The summed E-state index contributed by atoms with van der Waals surface area (Å²) in [5.41, 5.74) is 0.625. The number of nitrogens with one attached hydrogen (secondary N) is 2. The van der Waals surface area contributed by atoms with Gasteiger partial charge in [0.2, 0.25) is 21.8 Å². The highest BCUT2D eigenvalue weighted by atomic mass is 32.2. The number of carbonyl (C=O) groups is 2. The fraction of sp³-hybridized carbons (Fsp3) is 0.579. The van der Waals surface area contributed by atoms with Crippen LogP contribution in [-0.2, 0) is 33.8 Å². The maximum Gasteiger partial charge on any atom is 0.246 e. The summed E-state index contributed by atoms with van der Waals surface area (Å²) in [7, 11) is -3.79. The van der Waals surface area contributed by atoms with Crippen molar-refractivity contribution < 1.29 is 32.2 Å². The van der Waals surface area contributed by atoms with Crippen LogP contribution in [0.2, 0.25) is 0 Å². The molecule has 2 N–H and O–H groups in total. The maximum absolute atomic E-state index is 13.1. The molecule has 1 fully saturated rings. The first-order valence-corrected chi connectivity index (χ1v) is 11.2. The zero-order chi connectivity index (χ0) is 21.8. The molecular formula is C19H29N3O7S. The SMILES string of the molecule is Cc1ccccc1S(=O)(=O)N1CCOCC(=O)NCCOCCNC(=O)COCC1. The van der Waals surface area contributed by atoms with Crippen molar-refractivity contribution in [3.8, 4) is 0 Å². The molecule has 10 nitrogen and oxygen atoms in total. The molecule has 0 aromatic heterocycles. The highest BCUT2D eigenvalue weighted by Gasteiger charge is 2.25. The van der Waals surface area contributed by atoms with E-state index in [9.17, 15) is 18.0 Å². The minimum absolute atomic E-state index is 0.0372. The first-order chi connectivity index (χ1) is 14.4. The van der Waals surface area contributed by atoms with Gasteiger partial charge in [0.1, 0.15) is 13.2 Å². The predicted octanol–water partition coefficient (Wildman–Crippen LogP) is -0.718. The van der Waals surface area contributed by atoms with E-state index in [2.05, 4.69) is 10.6 Å². The number of sulfonamides is 1. The summed E-state index contributed by atoms with van der Waals surface area (Å²) in [6, 6.07) is 6.69. The molecule has 30 heavy (non-hydrogen) atoms. The third-order valence-electron chi connectivity index (χ3n) is 4.28. The van der Waals surface area contributed by atoms with Crippen molar-refractivity contribution in [1.82, 2.24) is 14.9 Å². The van der Waals surface area contributed by atoms with Gasteiger partial charge in [-0.1, -0.05) is 18.2 Å². The smallest absolute Gasteiger partial charge is 0.246 e. The Hall–Kier alpha value is -2.05. The summed E-state index contributed by atoms with van der Waals surface area (Å²) < 4.78 is 43.4. The molecular weight excluding hydrogens is 414 g/mol. The van der Waals surface area contributed by atoms with Crippen molar-refractivity contribution >= 4 is 21.8 Å². The topological polar surface area (TPSA) is 123 Å². The number of hydrogen-bond acceptors (Lipinski definition) is 7. The van der Waals surface area contributed by atoms with Crippen molar-refractivity contribution in [3.05, 3.63) is 29.8 Å². The summed E-state index contributed by atoms with van der Waals surface area (Å²) >= 11 is 0. The predicted molar refractivity (Wildman–Crippen MR) is 108 cm³/mol. The molecule has 0 bridgehead atoms. The zero-order valence-electron chi connectivity index (χ0n) is 17.1. The van der Waals surface area contributed by atoms with Gasteiger partial charge in [-0.25, -0.2) is 8.42 Å². The van der Waals surface area contributed by atoms with Gasteiger partial charge in [0, 0.05) is 26.2 Å². The van der Waals surface area contributed by atoms with Gasteiger partial charge in [-0.3, -0.25) is 9.59 Å². The number of aryl methyl sites for hydroxylation is 1. The second kappa shape index (κ2) is 12.6. The lowest BCUT2D eigenvalue weighted by molar-refractivity contribution is -0.126. The molecule has 2 rings (SSSR count). The molecule has 1 heterocycles. The number of hydrogen-bond donors (Lipinski definition) is 2. The zero-order valence-corrected chi connectivity index (χ0v) is 17.9. The van der Waals surface area contributed by atoms with Gasteiger partial charge >= 0.3 is 0 Å². The fourth-order valence-electron chi connectivity index (χ4n) is 2.73. The molecule has 1 aliphatic heterocycles. The van der Waals surface area contributed by atoms with E-state index in [0.29, 0.717) is 31.9 Å². The second-order valence-corrected chi connectivity index (χ2v) is 8.49. The third kappa shape index (κ3) is 8.00. The van der Waals surface area contributed by atoms with Gasteiger partial charge in [-0.05, 0) is 18.6 Å². The molecule has 0 unspecified atom stereocenters. The number of rotatable bonds is 2. The molecule has 1 aromatic carbocycles. The number of benzene rings is 1. The van der Waals surface area contributed by atoms with Crippen LogP contribution in [-0.4, -0.2) is 90.4 Å². The van der Waals surface area contributed by atoms with Crippen LogP contribution in [0.15, 0.2) is 29.2 Å². The van der Waals surface area contributed by atoms with Crippen LogP contribution in [0, 0.1) is 6.92 Å². The standard InChI is InChI=1S/C19H29N3O7S/c1-16-4-2-3-5-17(16)30(25,26)22-8-12-28-14-18(23)20-6-10-27-11-7-21-19(24)15-29-13-9-22/h2-5H,6-15H2,1H3,(H,20,23)(H,21,24). The molecule has 0 radical (unpaired) electrons. The largest absolute Gasteiger partial charge is 0.378 e. The first kappa shape index (κ1) is 24.2. The number of nitrogens with zero attached hydrogens (tertiary/aromatic N) is 1. The van der Waals surface area contributed by atoms with E-state index in [1.165, 1.54) is 4.31 Å². The molecule has 0 spiro atoms. The van der Waals surface area contributed by atoms with Crippen molar-refractivity contribution in [3.63, 3.8) is 0 Å². The Balaban J connectivity index is 2.05. The first-order valence-electron chi connectivity index (χ1n) is 9.73. The Morgan fingerprint density at radius 1 is 0.833 bits per heavy atom. The Bertz CT molecular complexity index is 773. The number of ether oxygens (including phenoxy) is 3. The molecule has 168 valence electrons.